The van der Waals surface area contributed by atoms with Gasteiger partial charge in [0.25, 0.3) is 5.91 Å². The third-order valence-electron chi connectivity index (χ3n) is 5.78. The first-order valence-corrected chi connectivity index (χ1v) is 10.2. The summed E-state index contributed by atoms with van der Waals surface area (Å²) in [6.07, 6.45) is 8.50. The zero-order chi connectivity index (χ0) is 19.2. The molecule has 2 aliphatic rings. The van der Waals surface area contributed by atoms with Crippen molar-refractivity contribution in [2.24, 2.45) is 0 Å². The molecule has 1 aromatic carbocycles. The van der Waals surface area contributed by atoms with E-state index in [0.29, 0.717) is 24.6 Å². The Morgan fingerprint density at radius 3 is 2.52 bits per heavy atom. The topological polar surface area (TPSA) is 61.4 Å². The molecule has 2 atom stereocenters. The van der Waals surface area contributed by atoms with Gasteiger partial charge in [-0.2, -0.15) is 0 Å². The number of hydrogen-bond acceptors (Lipinski definition) is 3. The second-order valence-electron chi connectivity index (χ2n) is 7.63. The highest BCUT2D eigenvalue weighted by Gasteiger charge is 2.40. The largest absolute Gasteiger partial charge is 0.355 e. The molecule has 2 fully saturated rings. The lowest BCUT2D eigenvalue weighted by Gasteiger charge is -2.34. The zero-order valence-electron chi connectivity index (χ0n) is 16.2. The Labute approximate surface area is 162 Å². The fraction of sp³-hybridized carbons (Fsp3) is 0.545. The van der Waals surface area contributed by atoms with Crippen molar-refractivity contribution in [1.82, 2.24) is 15.5 Å². The number of rotatable bonds is 6. The predicted octanol–water partition coefficient (Wildman–Crippen LogP) is 2.97. The van der Waals surface area contributed by atoms with Crippen LogP contribution in [0.15, 0.2) is 30.8 Å². The summed E-state index contributed by atoms with van der Waals surface area (Å²) in [6, 6.07) is 7.75. The minimum atomic E-state index is -0.138. The quantitative estimate of drug-likeness (QED) is 0.810. The minimum absolute atomic E-state index is 0.00566. The van der Waals surface area contributed by atoms with Gasteiger partial charge in [-0.3, -0.25) is 14.5 Å². The predicted molar refractivity (Wildman–Crippen MR) is 108 cm³/mol. The van der Waals surface area contributed by atoms with Crippen LogP contribution >= 0.6 is 0 Å². The lowest BCUT2D eigenvalue weighted by Crippen LogP contribution is -2.48. The number of likely N-dealkylation sites (tertiary alicyclic amines) is 1. The van der Waals surface area contributed by atoms with Crippen molar-refractivity contribution in [1.29, 1.82) is 0 Å². The van der Waals surface area contributed by atoms with Crippen LogP contribution in [0.4, 0.5) is 0 Å². The van der Waals surface area contributed by atoms with Crippen molar-refractivity contribution in [3.8, 4) is 0 Å². The molecule has 0 radical (unpaired) electrons. The summed E-state index contributed by atoms with van der Waals surface area (Å²) in [4.78, 5) is 27.6. The summed E-state index contributed by atoms with van der Waals surface area (Å²) in [7, 11) is 0. The first kappa shape index (κ1) is 19.6. The SMILES string of the molecule is C=Cc1ccc(C(=O)N[C@H]2C[C@@H](C(=O)NCC)N(C3CCCCC3)C2)cc1. The Morgan fingerprint density at radius 1 is 1.19 bits per heavy atom. The summed E-state index contributed by atoms with van der Waals surface area (Å²) in [6.45, 7) is 7.08. The Balaban J connectivity index is 1.67. The molecule has 5 nitrogen and oxygen atoms in total. The molecule has 1 aromatic rings. The van der Waals surface area contributed by atoms with Gasteiger partial charge in [0.1, 0.15) is 0 Å². The highest BCUT2D eigenvalue weighted by atomic mass is 16.2. The molecule has 1 aliphatic carbocycles. The van der Waals surface area contributed by atoms with Crippen LogP contribution in [-0.2, 0) is 4.79 Å². The fourth-order valence-corrected chi connectivity index (χ4v) is 4.37. The smallest absolute Gasteiger partial charge is 0.251 e. The first-order valence-electron chi connectivity index (χ1n) is 10.2. The van der Waals surface area contributed by atoms with Crippen LogP contribution in [0, 0.1) is 0 Å². The summed E-state index contributed by atoms with van der Waals surface area (Å²) in [5.74, 6) is 0.0194. The van der Waals surface area contributed by atoms with Crippen LogP contribution in [0.25, 0.3) is 6.08 Å². The summed E-state index contributed by atoms with van der Waals surface area (Å²) >= 11 is 0. The highest BCUT2D eigenvalue weighted by Crippen LogP contribution is 2.29. The number of nitrogens with zero attached hydrogens (tertiary/aromatic N) is 1. The molecule has 1 saturated heterocycles. The second-order valence-corrected chi connectivity index (χ2v) is 7.63. The molecule has 1 aliphatic heterocycles. The monoisotopic (exact) mass is 369 g/mol. The van der Waals surface area contributed by atoms with E-state index in [2.05, 4.69) is 22.1 Å². The van der Waals surface area contributed by atoms with E-state index in [4.69, 9.17) is 0 Å². The number of nitrogens with one attached hydrogen (secondary N) is 2. The van der Waals surface area contributed by atoms with Crippen molar-refractivity contribution in [3.05, 3.63) is 42.0 Å². The number of amides is 2. The third-order valence-corrected chi connectivity index (χ3v) is 5.78. The van der Waals surface area contributed by atoms with E-state index < -0.39 is 0 Å². The van der Waals surface area contributed by atoms with E-state index in [0.717, 1.165) is 24.9 Å². The highest BCUT2D eigenvalue weighted by molar-refractivity contribution is 5.94. The maximum Gasteiger partial charge on any atom is 0.251 e. The molecule has 0 aromatic heterocycles. The van der Waals surface area contributed by atoms with E-state index in [-0.39, 0.29) is 23.9 Å². The average molecular weight is 370 g/mol. The van der Waals surface area contributed by atoms with Gasteiger partial charge in [-0.15, -0.1) is 0 Å². The van der Waals surface area contributed by atoms with Crippen LogP contribution in [0.2, 0.25) is 0 Å². The average Bonchev–Trinajstić information content (AvgIpc) is 3.13. The van der Waals surface area contributed by atoms with E-state index in [9.17, 15) is 9.59 Å². The van der Waals surface area contributed by atoms with Crippen LogP contribution in [0.5, 0.6) is 0 Å². The molecular weight excluding hydrogens is 338 g/mol. The van der Waals surface area contributed by atoms with Crippen LogP contribution in [-0.4, -0.2) is 47.9 Å². The van der Waals surface area contributed by atoms with Gasteiger partial charge >= 0.3 is 0 Å². The first-order chi connectivity index (χ1) is 13.1. The van der Waals surface area contributed by atoms with Gasteiger partial charge < -0.3 is 10.6 Å². The molecule has 0 unspecified atom stereocenters. The van der Waals surface area contributed by atoms with Gasteiger partial charge in [-0.25, -0.2) is 0 Å². The Kier molecular flexibility index (Phi) is 6.67. The summed E-state index contributed by atoms with van der Waals surface area (Å²) in [5.41, 5.74) is 1.64. The maximum absolute atomic E-state index is 12.6. The van der Waals surface area contributed by atoms with Gasteiger partial charge in [0, 0.05) is 30.7 Å². The number of carbonyl (C=O) groups excluding carboxylic acids is 2. The van der Waals surface area contributed by atoms with Gasteiger partial charge in [0.15, 0.2) is 0 Å². The Hall–Kier alpha value is -2.14. The summed E-state index contributed by atoms with van der Waals surface area (Å²) in [5, 5.41) is 6.11. The van der Waals surface area contributed by atoms with E-state index in [1.54, 1.807) is 6.08 Å². The molecule has 5 heteroatoms. The molecule has 2 amide bonds. The number of benzene rings is 1. The minimum Gasteiger partial charge on any atom is -0.355 e. The molecule has 0 bridgehead atoms. The molecule has 1 saturated carbocycles. The Bertz CT molecular complexity index is 665. The van der Waals surface area contributed by atoms with Gasteiger partial charge in [-0.1, -0.05) is 44.1 Å². The van der Waals surface area contributed by atoms with Crippen LogP contribution in [0.1, 0.15) is 61.4 Å². The van der Waals surface area contributed by atoms with Crippen molar-refractivity contribution >= 4 is 17.9 Å². The van der Waals surface area contributed by atoms with Crippen molar-refractivity contribution < 1.29 is 9.59 Å². The second kappa shape index (κ2) is 9.18. The molecule has 3 rings (SSSR count). The molecule has 2 N–H and O–H groups in total. The lowest BCUT2D eigenvalue weighted by atomic mass is 9.93. The fourth-order valence-electron chi connectivity index (χ4n) is 4.37. The van der Waals surface area contributed by atoms with Crippen molar-refractivity contribution in [3.63, 3.8) is 0 Å². The van der Waals surface area contributed by atoms with E-state index >= 15 is 0 Å². The van der Waals surface area contributed by atoms with Gasteiger partial charge in [-0.05, 0) is 43.9 Å². The lowest BCUT2D eigenvalue weighted by molar-refractivity contribution is -0.126. The Morgan fingerprint density at radius 2 is 1.89 bits per heavy atom. The molecule has 1 heterocycles. The van der Waals surface area contributed by atoms with E-state index in [1.165, 1.54) is 19.3 Å². The van der Waals surface area contributed by atoms with Crippen LogP contribution in [0.3, 0.4) is 0 Å². The molecular formula is C22H31N3O2. The maximum atomic E-state index is 12.6. The van der Waals surface area contributed by atoms with Crippen molar-refractivity contribution in [2.75, 3.05) is 13.1 Å². The molecule has 27 heavy (non-hydrogen) atoms. The number of carbonyl (C=O) groups is 2. The number of hydrogen-bond donors (Lipinski definition) is 2. The molecule has 0 spiro atoms. The normalized spacial score (nSPS) is 23.7. The molecule has 146 valence electrons. The standard InChI is InChI=1S/C22H31N3O2/c1-3-16-10-12-17(13-11-16)21(26)24-18-14-20(22(27)23-4-2)25(15-18)19-8-6-5-7-9-19/h3,10-13,18-20H,1,4-9,14-15H2,2H3,(H,23,27)(H,24,26)/t18-,20-/m0/s1. The van der Waals surface area contributed by atoms with Gasteiger partial charge in [0.05, 0.1) is 6.04 Å². The third kappa shape index (κ3) is 4.78. The number of likely N-dealkylation sites (N-methyl/N-ethyl adjacent to an activating group) is 1. The van der Waals surface area contributed by atoms with Crippen LogP contribution < -0.4 is 10.6 Å². The summed E-state index contributed by atoms with van der Waals surface area (Å²) < 4.78 is 0. The van der Waals surface area contributed by atoms with Gasteiger partial charge in [0.2, 0.25) is 5.91 Å². The van der Waals surface area contributed by atoms with Crippen molar-refractivity contribution in [2.45, 2.75) is 63.6 Å². The zero-order valence-corrected chi connectivity index (χ0v) is 16.2. The van der Waals surface area contributed by atoms with E-state index in [1.807, 2.05) is 31.2 Å².